The molecule has 2 N–H and O–H groups in total. The van der Waals surface area contributed by atoms with Gasteiger partial charge in [-0.15, -0.1) is 5.10 Å². The zero-order valence-corrected chi connectivity index (χ0v) is 14.7. The molecular formula is C18H20BrN4+. The minimum atomic E-state index is 0.878. The van der Waals surface area contributed by atoms with Crippen LogP contribution in [0.2, 0.25) is 0 Å². The van der Waals surface area contributed by atoms with Gasteiger partial charge < -0.3 is 0 Å². The number of hydrazone groups is 1. The first-order valence-electron chi connectivity index (χ1n) is 7.68. The molecule has 0 atom stereocenters. The fourth-order valence-electron chi connectivity index (χ4n) is 2.50. The molecule has 1 heterocycles. The first-order chi connectivity index (χ1) is 11.2. The maximum absolute atomic E-state index is 4.51. The molecule has 5 heteroatoms. The predicted molar refractivity (Wildman–Crippen MR) is 97.8 cm³/mol. The number of nitrogens with one attached hydrogen (secondary N) is 2. The third-order valence-electron chi connectivity index (χ3n) is 3.80. The van der Waals surface area contributed by atoms with Crippen LogP contribution in [0.3, 0.4) is 0 Å². The number of hydrogen-bond donors (Lipinski definition) is 2. The van der Waals surface area contributed by atoms with Crippen molar-refractivity contribution in [3.05, 3.63) is 70.2 Å². The summed E-state index contributed by atoms with van der Waals surface area (Å²) in [7, 11) is 0. The summed E-state index contributed by atoms with van der Waals surface area (Å²) >= 11 is 3.45. The number of nitrogens with zero attached hydrogens (tertiary/aromatic N) is 2. The Balaban J connectivity index is 1.71. The van der Waals surface area contributed by atoms with Gasteiger partial charge in [-0.2, -0.15) is 5.43 Å². The third-order valence-corrected chi connectivity index (χ3v) is 4.33. The molecule has 0 spiro atoms. The SMILES string of the molecule is CC(=NNC1=[N+](Cc2ccccc2)CCN1)c1ccc(Br)cc1. The van der Waals surface area contributed by atoms with E-state index in [0.717, 1.165) is 41.3 Å². The monoisotopic (exact) mass is 371 g/mol. The highest BCUT2D eigenvalue weighted by Gasteiger charge is 2.19. The Kier molecular flexibility index (Phi) is 5.08. The molecule has 0 saturated heterocycles. The second-order valence-corrected chi connectivity index (χ2v) is 6.41. The van der Waals surface area contributed by atoms with Gasteiger partial charge in [0, 0.05) is 4.47 Å². The second kappa shape index (κ2) is 7.42. The first kappa shape index (κ1) is 15.7. The molecule has 0 aromatic heterocycles. The topological polar surface area (TPSA) is 39.4 Å². The Morgan fingerprint density at radius 3 is 2.65 bits per heavy atom. The summed E-state index contributed by atoms with van der Waals surface area (Å²) in [5, 5.41) is 7.87. The molecule has 118 valence electrons. The number of guanidine groups is 1. The quantitative estimate of drug-likeness (QED) is 0.492. The van der Waals surface area contributed by atoms with Crippen molar-refractivity contribution in [3.8, 4) is 0 Å². The van der Waals surface area contributed by atoms with Gasteiger partial charge in [-0.05, 0) is 30.2 Å². The van der Waals surface area contributed by atoms with Gasteiger partial charge >= 0.3 is 5.96 Å². The van der Waals surface area contributed by atoms with Crippen LogP contribution < -0.4 is 10.7 Å². The van der Waals surface area contributed by atoms with Crippen molar-refractivity contribution in [2.45, 2.75) is 13.5 Å². The van der Waals surface area contributed by atoms with E-state index in [-0.39, 0.29) is 0 Å². The Bertz CT molecular complexity index is 720. The van der Waals surface area contributed by atoms with E-state index in [2.05, 4.69) is 72.7 Å². The van der Waals surface area contributed by atoms with Crippen LogP contribution in [0, 0.1) is 0 Å². The molecule has 1 aliphatic heterocycles. The predicted octanol–water partition coefficient (Wildman–Crippen LogP) is 2.93. The molecule has 2 aromatic carbocycles. The van der Waals surface area contributed by atoms with Crippen LogP contribution in [0.4, 0.5) is 0 Å². The van der Waals surface area contributed by atoms with Gasteiger partial charge in [-0.25, -0.2) is 0 Å². The number of halogens is 1. The highest BCUT2D eigenvalue weighted by atomic mass is 79.9. The van der Waals surface area contributed by atoms with Crippen molar-refractivity contribution in [2.75, 3.05) is 13.1 Å². The van der Waals surface area contributed by atoms with Crippen LogP contribution >= 0.6 is 15.9 Å². The van der Waals surface area contributed by atoms with Crippen LogP contribution in [0.25, 0.3) is 0 Å². The van der Waals surface area contributed by atoms with Gasteiger partial charge in [0.25, 0.3) is 0 Å². The summed E-state index contributed by atoms with van der Waals surface area (Å²) in [6.45, 7) is 4.79. The normalized spacial score (nSPS) is 14.8. The molecular weight excluding hydrogens is 352 g/mol. The molecule has 0 radical (unpaired) electrons. The average molecular weight is 372 g/mol. The minimum Gasteiger partial charge on any atom is -0.273 e. The number of rotatable bonds is 4. The Labute approximate surface area is 145 Å². The molecule has 0 saturated carbocycles. The molecule has 1 aliphatic rings. The van der Waals surface area contributed by atoms with E-state index in [1.807, 2.05) is 25.1 Å². The van der Waals surface area contributed by atoms with E-state index in [1.54, 1.807) is 0 Å². The lowest BCUT2D eigenvalue weighted by Gasteiger charge is -2.05. The number of hydrogen-bond acceptors (Lipinski definition) is 3. The Morgan fingerprint density at radius 2 is 1.91 bits per heavy atom. The van der Waals surface area contributed by atoms with Crippen LogP contribution in [0.15, 0.2) is 64.2 Å². The molecule has 4 nitrogen and oxygen atoms in total. The molecule has 23 heavy (non-hydrogen) atoms. The largest absolute Gasteiger partial charge is 0.370 e. The van der Waals surface area contributed by atoms with Gasteiger partial charge in [0.2, 0.25) is 0 Å². The molecule has 3 rings (SSSR count). The van der Waals surface area contributed by atoms with Crippen molar-refractivity contribution >= 4 is 27.6 Å². The summed E-state index contributed by atoms with van der Waals surface area (Å²) < 4.78 is 3.34. The van der Waals surface area contributed by atoms with Crippen molar-refractivity contribution < 1.29 is 4.58 Å². The molecule has 2 aromatic rings. The van der Waals surface area contributed by atoms with E-state index < -0.39 is 0 Å². The van der Waals surface area contributed by atoms with Crippen molar-refractivity contribution in [1.82, 2.24) is 10.7 Å². The third kappa shape index (κ3) is 4.20. The number of benzene rings is 2. The van der Waals surface area contributed by atoms with Crippen molar-refractivity contribution in [3.63, 3.8) is 0 Å². The zero-order chi connectivity index (χ0) is 16.1. The van der Waals surface area contributed by atoms with Gasteiger partial charge in [0.05, 0.1) is 25.3 Å². The molecule has 0 unspecified atom stereocenters. The van der Waals surface area contributed by atoms with Crippen molar-refractivity contribution in [1.29, 1.82) is 0 Å². The summed E-state index contributed by atoms with van der Waals surface area (Å²) in [5.74, 6) is 0.963. The fraction of sp³-hybridized carbons (Fsp3) is 0.222. The smallest absolute Gasteiger partial charge is 0.273 e. The van der Waals surface area contributed by atoms with E-state index in [0.29, 0.717) is 0 Å². The summed E-state index contributed by atoms with van der Waals surface area (Å²) in [4.78, 5) is 0. The highest BCUT2D eigenvalue weighted by molar-refractivity contribution is 9.10. The first-order valence-corrected chi connectivity index (χ1v) is 8.47. The molecule has 0 bridgehead atoms. The van der Waals surface area contributed by atoms with E-state index in [1.165, 1.54) is 5.56 Å². The van der Waals surface area contributed by atoms with Crippen LogP contribution in [0.1, 0.15) is 18.1 Å². The second-order valence-electron chi connectivity index (χ2n) is 5.50. The summed E-state index contributed by atoms with van der Waals surface area (Å²) in [6.07, 6.45) is 0. The van der Waals surface area contributed by atoms with Gasteiger partial charge in [-0.3, -0.25) is 9.89 Å². The zero-order valence-electron chi connectivity index (χ0n) is 13.1. The van der Waals surface area contributed by atoms with E-state index in [9.17, 15) is 0 Å². The van der Waals surface area contributed by atoms with E-state index in [4.69, 9.17) is 0 Å². The Morgan fingerprint density at radius 1 is 1.17 bits per heavy atom. The molecule has 0 amide bonds. The van der Waals surface area contributed by atoms with Gasteiger partial charge in [-0.1, -0.05) is 58.4 Å². The maximum atomic E-state index is 4.51. The van der Waals surface area contributed by atoms with Crippen LogP contribution in [0.5, 0.6) is 0 Å². The molecule has 0 aliphatic carbocycles. The Hall–Kier alpha value is -2.14. The van der Waals surface area contributed by atoms with Crippen LogP contribution in [-0.2, 0) is 6.54 Å². The maximum Gasteiger partial charge on any atom is 0.370 e. The summed E-state index contributed by atoms with van der Waals surface area (Å²) in [5.41, 5.74) is 6.53. The fourth-order valence-corrected chi connectivity index (χ4v) is 2.76. The van der Waals surface area contributed by atoms with Gasteiger partial charge in [0.1, 0.15) is 0 Å². The lowest BCUT2D eigenvalue weighted by Crippen LogP contribution is -2.35. The van der Waals surface area contributed by atoms with Crippen LogP contribution in [-0.4, -0.2) is 29.3 Å². The highest BCUT2D eigenvalue weighted by Crippen LogP contribution is 2.11. The van der Waals surface area contributed by atoms with E-state index >= 15 is 0 Å². The minimum absolute atomic E-state index is 0.878. The van der Waals surface area contributed by atoms with Gasteiger partial charge in [0.15, 0.2) is 0 Å². The lowest BCUT2D eigenvalue weighted by molar-refractivity contribution is -0.536. The average Bonchev–Trinajstić information content (AvgIpc) is 3.01. The molecule has 0 fully saturated rings. The lowest BCUT2D eigenvalue weighted by atomic mass is 10.1. The van der Waals surface area contributed by atoms with Crippen molar-refractivity contribution in [2.24, 2.45) is 5.10 Å². The standard InChI is InChI=1S/C18H19BrN4/c1-14(16-7-9-17(19)10-8-16)21-22-18-20-11-12-23(18)13-15-5-3-2-4-6-15/h2-10H,11-13H2,1H3,(H,20,22)/p+1. The summed E-state index contributed by atoms with van der Waals surface area (Å²) in [6, 6.07) is 18.6.